The summed E-state index contributed by atoms with van der Waals surface area (Å²) in [6.07, 6.45) is 9.00. The fourth-order valence-electron chi connectivity index (χ4n) is 1.06. The average Bonchev–Trinajstić information content (AvgIpc) is 1.93. The van der Waals surface area contributed by atoms with Gasteiger partial charge in [0.25, 0.3) is 0 Å². The van der Waals surface area contributed by atoms with Crippen molar-refractivity contribution in [1.82, 2.24) is 0 Å². The molecule has 2 N–H and O–H groups in total. The van der Waals surface area contributed by atoms with Crippen molar-refractivity contribution in [2.24, 2.45) is 0 Å². The van der Waals surface area contributed by atoms with E-state index in [-0.39, 0.29) is 7.69 Å². The molecule has 0 atom stereocenters. The van der Waals surface area contributed by atoms with E-state index >= 15 is 0 Å². The lowest BCUT2D eigenvalue weighted by Crippen LogP contribution is -1.85. The van der Waals surface area contributed by atoms with Crippen molar-refractivity contribution in [3.8, 4) is 0 Å². The highest BCUT2D eigenvalue weighted by Crippen LogP contribution is 2.15. The standard InChI is InChI=1S/C6H12.BH2O2/c1-2-4-6-5-3-1;2-1-3/h1-6H2;2-3H. The molecule has 0 aliphatic heterocycles. The van der Waals surface area contributed by atoms with Crippen LogP contribution in [0, 0.1) is 0 Å². The molecule has 0 aromatic heterocycles. The molecule has 1 saturated carbocycles. The molecule has 0 saturated heterocycles. The van der Waals surface area contributed by atoms with Gasteiger partial charge >= 0.3 is 7.69 Å². The van der Waals surface area contributed by atoms with E-state index in [1.807, 2.05) is 0 Å². The van der Waals surface area contributed by atoms with Gasteiger partial charge in [-0.15, -0.1) is 0 Å². The Morgan fingerprint density at radius 3 is 0.889 bits per heavy atom. The largest absolute Gasteiger partial charge is 0.482 e. The summed E-state index contributed by atoms with van der Waals surface area (Å²) in [7, 11) is 0. The zero-order chi connectivity index (χ0) is 6.95. The first kappa shape index (κ1) is 8.98. The lowest BCUT2D eigenvalue weighted by molar-refractivity contribution is 0.448. The van der Waals surface area contributed by atoms with Crippen molar-refractivity contribution in [3.05, 3.63) is 0 Å². The fraction of sp³-hybridized carbons (Fsp3) is 1.00. The quantitative estimate of drug-likeness (QED) is 0.476. The van der Waals surface area contributed by atoms with Gasteiger partial charge < -0.3 is 10.0 Å². The maximum Gasteiger partial charge on any atom is 0.482 e. The molecule has 1 fully saturated rings. The maximum absolute atomic E-state index is 7.00. The van der Waals surface area contributed by atoms with Crippen LogP contribution in [0.25, 0.3) is 0 Å². The number of hydrogen-bond acceptors (Lipinski definition) is 2. The molecule has 0 bridgehead atoms. The van der Waals surface area contributed by atoms with Gasteiger partial charge in [0.2, 0.25) is 0 Å². The molecule has 0 aromatic rings. The van der Waals surface area contributed by atoms with Crippen LogP contribution in [0.4, 0.5) is 0 Å². The second-order valence-corrected chi connectivity index (χ2v) is 2.24. The highest BCUT2D eigenvalue weighted by Gasteiger charge is 1.95. The SMILES string of the molecule is C1CCCCC1.O[B]O. The van der Waals surface area contributed by atoms with E-state index in [1.54, 1.807) is 0 Å². The Morgan fingerprint density at radius 1 is 0.667 bits per heavy atom. The first-order valence-electron chi connectivity index (χ1n) is 3.52. The summed E-state index contributed by atoms with van der Waals surface area (Å²) in [5.74, 6) is 0. The summed E-state index contributed by atoms with van der Waals surface area (Å²) < 4.78 is 0. The summed E-state index contributed by atoms with van der Waals surface area (Å²) in [4.78, 5) is 0. The molecule has 2 nitrogen and oxygen atoms in total. The summed E-state index contributed by atoms with van der Waals surface area (Å²) in [6.45, 7) is 0. The summed E-state index contributed by atoms with van der Waals surface area (Å²) >= 11 is 0. The van der Waals surface area contributed by atoms with E-state index in [4.69, 9.17) is 10.0 Å². The van der Waals surface area contributed by atoms with Gasteiger partial charge in [0.1, 0.15) is 0 Å². The van der Waals surface area contributed by atoms with Gasteiger partial charge in [-0.25, -0.2) is 0 Å². The van der Waals surface area contributed by atoms with Crippen LogP contribution in [0.2, 0.25) is 0 Å². The van der Waals surface area contributed by atoms with Crippen molar-refractivity contribution < 1.29 is 10.0 Å². The smallest absolute Gasteiger partial charge is 0.429 e. The minimum absolute atomic E-state index is 0. The van der Waals surface area contributed by atoms with Crippen LogP contribution in [0.5, 0.6) is 0 Å². The van der Waals surface area contributed by atoms with Crippen LogP contribution in [-0.2, 0) is 0 Å². The molecule has 1 aliphatic rings. The van der Waals surface area contributed by atoms with Crippen molar-refractivity contribution in [2.75, 3.05) is 0 Å². The molecule has 53 valence electrons. The topological polar surface area (TPSA) is 40.5 Å². The van der Waals surface area contributed by atoms with E-state index in [0.717, 1.165) is 0 Å². The zero-order valence-electron chi connectivity index (χ0n) is 5.71. The van der Waals surface area contributed by atoms with Crippen LogP contribution in [0.1, 0.15) is 38.5 Å². The Kier molecular flexibility index (Phi) is 7.97. The van der Waals surface area contributed by atoms with Crippen LogP contribution in [0.15, 0.2) is 0 Å². The fourth-order valence-corrected chi connectivity index (χ4v) is 1.06. The van der Waals surface area contributed by atoms with Crippen LogP contribution < -0.4 is 0 Å². The van der Waals surface area contributed by atoms with Gasteiger partial charge in [-0.05, 0) is 0 Å². The van der Waals surface area contributed by atoms with E-state index < -0.39 is 0 Å². The Hall–Kier alpha value is -0.0151. The van der Waals surface area contributed by atoms with Gasteiger partial charge in [-0.3, -0.25) is 0 Å². The van der Waals surface area contributed by atoms with Crippen molar-refractivity contribution in [3.63, 3.8) is 0 Å². The third kappa shape index (κ3) is 7.98. The molecule has 0 spiro atoms. The third-order valence-electron chi connectivity index (χ3n) is 1.50. The average molecular weight is 129 g/mol. The van der Waals surface area contributed by atoms with E-state index in [1.165, 1.54) is 38.5 Å². The Bertz CT molecular complexity index is 34.8. The van der Waals surface area contributed by atoms with Gasteiger partial charge in [-0.2, -0.15) is 0 Å². The van der Waals surface area contributed by atoms with Gasteiger partial charge in [0, 0.05) is 0 Å². The molecular formula is C6H14BO2. The molecule has 0 aromatic carbocycles. The minimum Gasteiger partial charge on any atom is -0.429 e. The molecule has 1 aliphatic carbocycles. The second kappa shape index (κ2) is 7.98. The lowest BCUT2D eigenvalue weighted by atomic mass is 10.0. The first-order valence-corrected chi connectivity index (χ1v) is 3.52. The Labute approximate surface area is 57.2 Å². The predicted octanol–water partition coefficient (Wildman–Crippen LogP) is 0.846. The normalized spacial score (nSPS) is 17.6. The summed E-state index contributed by atoms with van der Waals surface area (Å²) in [6, 6.07) is 0. The molecule has 9 heavy (non-hydrogen) atoms. The maximum atomic E-state index is 7.00. The molecule has 3 heteroatoms. The van der Waals surface area contributed by atoms with E-state index in [2.05, 4.69) is 0 Å². The van der Waals surface area contributed by atoms with Crippen molar-refractivity contribution in [2.45, 2.75) is 38.5 Å². The van der Waals surface area contributed by atoms with Gasteiger partial charge in [0.15, 0.2) is 0 Å². The van der Waals surface area contributed by atoms with E-state index in [9.17, 15) is 0 Å². The second-order valence-electron chi connectivity index (χ2n) is 2.24. The minimum atomic E-state index is 0. The number of rotatable bonds is 0. The van der Waals surface area contributed by atoms with Crippen LogP contribution >= 0.6 is 0 Å². The Balaban J connectivity index is 0.000000187. The molecule has 0 amide bonds. The summed E-state index contributed by atoms with van der Waals surface area (Å²) in [5, 5.41) is 14.0. The molecule has 1 radical (unpaired) electrons. The third-order valence-corrected chi connectivity index (χ3v) is 1.50. The molecule has 0 heterocycles. The van der Waals surface area contributed by atoms with Crippen LogP contribution in [-0.4, -0.2) is 17.7 Å². The monoisotopic (exact) mass is 129 g/mol. The zero-order valence-corrected chi connectivity index (χ0v) is 5.71. The Morgan fingerprint density at radius 2 is 0.778 bits per heavy atom. The number of hydrogen-bond donors (Lipinski definition) is 2. The van der Waals surface area contributed by atoms with Crippen LogP contribution in [0.3, 0.4) is 0 Å². The highest BCUT2D eigenvalue weighted by atomic mass is 16.4. The summed E-state index contributed by atoms with van der Waals surface area (Å²) in [5.41, 5.74) is 0. The van der Waals surface area contributed by atoms with Crippen molar-refractivity contribution in [1.29, 1.82) is 0 Å². The van der Waals surface area contributed by atoms with E-state index in [0.29, 0.717) is 0 Å². The lowest BCUT2D eigenvalue weighted by Gasteiger charge is -2.05. The molecule has 0 unspecified atom stereocenters. The van der Waals surface area contributed by atoms with Gasteiger partial charge in [-0.1, -0.05) is 38.5 Å². The molecular weight excluding hydrogens is 115 g/mol. The van der Waals surface area contributed by atoms with Crippen molar-refractivity contribution >= 4 is 7.69 Å². The highest BCUT2D eigenvalue weighted by molar-refractivity contribution is 6.13. The van der Waals surface area contributed by atoms with Gasteiger partial charge in [0.05, 0.1) is 0 Å². The first-order chi connectivity index (χ1) is 4.41. The molecule has 1 rings (SSSR count). The predicted molar refractivity (Wildman–Crippen MR) is 37.9 cm³/mol.